The van der Waals surface area contributed by atoms with Crippen LogP contribution in [0.2, 0.25) is 0 Å². The molecule has 0 saturated carbocycles. The number of aliphatic hydroxyl groups excluding tert-OH is 1. The van der Waals surface area contributed by atoms with Crippen molar-refractivity contribution < 1.29 is 14.6 Å². The molecule has 0 aliphatic carbocycles. The van der Waals surface area contributed by atoms with Crippen molar-refractivity contribution in [2.45, 2.75) is 13.8 Å². The van der Waals surface area contributed by atoms with E-state index in [2.05, 4.69) is 10.1 Å². The third kappa shape index (κ3) is 6.16. The Hall–Kier alpha value is -1.03. The average Bonchev–Trinajstić information content (AvgIpc) is 2.12. The first-order valence-electron chi connectivity index (χ1n) is 4.10. The summed E-state index contributed by atoms with van der Waals surface area (Å²) in [5, 5.41) is 11.8. The lowest BCUT2D eigenvalue weighted by molar-refractivity contribution is -0.134. The Morgan fingerprint density at radius 2 is 2.23 bits per heavy atom. The molecule has 0 heterocycles. The number of aliphatic hydroxyl groups is 1. The van der Waals surface area contributed by atoms with Crippen molar-refractivity contribution in [1.82, 2.24) is 5.32 Å². The molecule has 76 valence electrons. The summed E-state index contributed by atoms with van der Waals surface area (Å²) in [6.07, 6.45) is 2.82. The Morgan fingerprint density at radius 1 is 1.62 bits per heavy atom. The lowest BCUT2D eigenvalue weighted by Crippen LogP contribution is -2.29. The quantitative estimate of drug-likeness (QED) is 0.479. The van der Waals surface area contributed by atoms with Crippen molar-refractivity contribution in [2.24, 2.45) is 5.41 Å². The number of methoxy groups -OCH3 is 1. The molecule has 0 rings (SSSR count). The molecular weight excluding hydrogens is 170 g/mol. The minimum atomic E-state index is -0.394. The molecule has 0 saturated heterocycles. The van der Waals surface area contributed by atoms with E-state index in [-0.39, 0.29) is 12.0 Å². The van der Waals surface area contributed by atoms with Crippen molar-refractivity contribution in [3.8, 4) is 0 Å². The van der Waals surface area contributed by atoms with E-state index in [4.69, 9.17) is 5.11 Å². The van der Waals surface area contributed by atoms with Crippen LogP contribution in [0.3, 0.4) is 0 Å². The van der Waals surface area contributed by atoms with Crippen LogP contribution in [0.4, 0.5) is 0 Å². The number of hydrogen-bond acceptors (Lipinski definition) is 4. The Morgan fingerprint density at radius 3 is 2.69 bits per heavy atom. The minimum Gasteiger partial charge on any atom is -0.466 e. The smallest absolute Gasteiger partial charge is 0.331 e. The number of nitrogens with one attached hydrogen (secondary N) is 1. The van der Waals surface area contributed by atoms with Gasteiger partial charge in [-0.25, -0.2) is 4.79 Å². The molecule has 4 nitrogen and oxygen atoms in total. The zero-order valence-corrected chi connectivity index (χ0v) is 8.33. The van der Waals surface area contributed by atoms with Crippen LogP contribution in [0.15, 0.2) is 12.3 Å². The fourth-order valence-corrected chi connectivity index (χ4v) is 0.586. The van der Waals surface area contributed by atoms with Gasteiger partial charge in [-0.2, -0.15) is 0 Å². The Balaban J connectivity index is 3.67. The predicted molar refractivity (Wildman–Crippen MR) is 50.0 cm³/mol. The monoisotopic (exact) mass is 187 g/mol. The molecule has 0 aromatic carbocycles. The van der Waals surface area contributed by atoms with Gasteiger partial charge in [0.15, 0.2) is 0 Å². The molecule has 0 radical (unpaired) electrons. The Kier molecular flexibility index (Phi) is 5.14. The van der Waals surface area contributed by atoms with E-state index in [1.165, 1.54) is 19.4 Å². The first kappa shape index (κ1) is 12.0. The van der Waals surface area contributed by atoms with E-state index in [1.54, 1.807) is 0 Å². The number of esters is 1. The first-order chi connectivity index (χ1) is 6.02. The van der Waals surface area contributed by atoms with Crippen LogP contribution in [-0.2, 0) is 9.53 Å². The summed E-state index contributed by atoms with van der Waals surface area (Å²) in [6.45, 7) is 4.56. The molecule has 0 amide bonds. The summed E-state index contributed by atoms with van der Waals surface area (Å²) in [5.74, 6) is -0.394. The van der Waals surface area contributed by atoms with E-state index >= 15 is 0 Å². The molecule has 0 fully saturated rings. The maximum atomic E-state index is 10.6. The van der Waals surface area contributed by atoms with E-state index in [1.807, 2.05) is 13.8 Å². The normalized spacial score (nSPS) is 11.7. The summed E-state index contributed by atoms with van der Waals surface area (Å²) in [5.41, 5.74) is -0.180. The zero-order chi connectivity index (χ0) is 10.3. The van der Waals surface area contributed by atoms with E-state index in [9.17, 15) is 4.79 Å². The number of ether oxygens (including phenoxy) is 1. The highest BCUT2D eigenvalue weighted by molar-refractivity contribution is 5.81. The molecule has 0 unspecified atom stereocenters. The summed E-state index contributed by atoms with van der Waals surface area (Å²) in [4.78, 5) is 10.6. The second kappa shape index (κ2) is 5.59. The molecule has 4 heteroatoms. The van der Waals surface area contributed by atoms with Crippen LogP contribution in [0.25, 0.3) is 0 Å². The summed E-state index contributed by atoms with van der Waals surface area (Å²) in [7, 11) is 1.32. The van der Waals surface area contributed by atoms with Gasteiger partial charge in [-0.05, 0) is 0 Å². The van der Waals surface area contributed by atoms with Crippen LogP contribution in [-0.4, -0.2) is 31.3 Å². The molecule has 2 N–H and O–H groups in total. The lowest BCUT2D eigenvalue weighted by Gasteiger charge is -2.20. The number of hydrogen-bond donors (Lipinski definition) is 2. The lowest BCUT2D eigenvalue weighted by atomic mass is 9.95. The number of carbonyl (C=O) groups is 1. The van der Waals surface area contributed by atoms with Gasteiger partial charge in [-0.15, -0.1) is 0 Å². The third-order valence-corrected chi connectivity index (χ3v) is 1.55. The molecule has 13 heavy (non-hydrogen) atoms. The van der Waals surface area contributed by atoms with Crippen LogP contribution in [0, 0.1) is 5.41 Å². The highest BCUT2D eigenvalue weighted by Crippen LogP contribution is 2.10. The Bertz CT molecular complexity index is 187. The topological polar surface area (TPSA) is 58.6 Å². The summed E-state index contributed by atoms with van der Waals surface area (Å²) in [6, 6.07) is 0. The standard InChI is InChI=1S/C9H17NO3/c1-9(2,7-11)6-10-5-4-8(12)13-3/h4-5,10-11H,6-7H2,1-3H3/b5-4+. The molecule has 0 atom stereocenters. The Labute approximate surface area is 78.6 Å². The van der Waals surface area contributed by atoms with Crippen molar-refractivity contribution in [3.63, 3.8) is 0 Å². The molecule has 0 aliphatic rings. The van der Waals surface area contributed by atoms with Gasteiger partial charge in [0.1, 0.15) is 0 Å². The van der Waals surface area contributed by atoms with Crippen molar-refractivity contribution in [3.05, 3.63) is 12.3 Å². The van der Waals surface area contributed by atoms with Gasteiger partial charge in [-0.1, -0.05) is 13.8 Å². The molecule has 0 bridgehead atoms. The second-order valence-corrected chi connectivity index (χ2v) is 3.56. The van der Waals surface area contributed by atoms with Gasteiger partial charge in [0.2, 0.25) is 0 Å². The maximum absolute atomic E-state index is 10.6. The molecule has 0 aromatic rings. The maximum Gasteiger partial charge on any atom is 0.331 e. The van der Waals surface area contributed by atoms with Crippen LogP contribution in [0.1, 0.15) is 13.8 Å². The molecular formula is C9H17NO3. The number of carbonyl (C=O) groups excluding carboxylic acids is 1. The van der Waals surface area contributed by atoms with Crippen LogP contribution < -0.4 is 5.32 Å². The second-order valence-electron chi connectivity index (χ2n) is 3.56. The minimum absolute atomic E-state index is 0.103. The van der Waals surface area contributed by atoms with Gasteiger partial charge in [0, 0.05) is 30.8 Å². The first-order valence-corrected chi connectivity index (χ1v) is 4.10. The zero-order valence-electron chi connectivity index (χ0n) is 8.33. The molecule has 0 aliphatic heterocycles. The van der Waals surface area contributed by atoms with Crippen LogP contribution >= 0.6 is 0 Å². The van der Waals surface area contributed by atoms with E-state index in [0.717, 1.165) is 0 Å². The highest BCUT2D eigenvalue weighted by Gasteiger charge is 2.14. The third-order valence-electron chi connectivity index (χ3n) is 1.55. The molecule has 0 aromatic heterocycles. The highest BCUT2D eigenvalue weighted by atomic mass is 16.5. The summed E-state index contributed by atoms with van der Waals surface area (Å²) < 4.78 is 4.39. The van der Waals surface area contributed by atoms with Gasteiger partial charge < -0.3 is 15.2 Å². The predicted octanol–water partition coefficient (Wildman–Crippen LogP) is 0.281. The van der Waals surface area contributed by atoms with Crippen LogP contribution in [0.5, 0.6) is 0 Å². The number of rotatable bonds is 5. The van der Waals surface area contributed by atoms with Gasteiger partial charge in [-0.3, -0.25) is 0 Å². The fraction of sp³-hybridized carbons (Fsp3) is 0.667. The SMILES string of the molecule is COC(=O)/C=C/NCC(C)(C)CO. The fourth-order valence-electron chi connectivity index (χ4n) is 0.586. The van der Waals surface area contributed by atoms with Crippen molar-refractivity contribution >= 4 is 5.97 Å². The van der Waals surface area contributed by atoms with E-state index < -0.39 is 5.97 Å². The van der Waals surface area contributed by atoms with Gasteiger partial charge in [0.05, 0.1) is 7.11 Å². The molecule has 0 spiro atoms. The summed E-state index contributed by atoms with van der Waals surface area (Å²) >= 11 is 0. The van der Waals surface area contributed by atoms with Gasteiger partial charge in [0.25, 0.3) is 0 Å². The largest absolute Gasteiger partial charge is 0.466 e. The van der Waals surface area contributed by atoms with E-state index in [0.29, 0.717) is 6.54 Å². The van der Waals surface area contributed by atoms with Crippen molar-refractivity contribution in [1.29, 1.82) is 0 Å². The average molecular weight is 187 g/mol. The van der Waals surface area contributed by atoms with Gasteiger partial charge >= 0.3 is 5.97 Å². The van der Waals surface area contributed by atoms with Crippen molar-refractivity contribution in [2.75, 3.05) is 20.3 Å².